The summed E-state index contributed by atoms with van der Waals surface area (Å²) in [4.78, 5) is 0. The van der Waals surface area contributed by atoms with E-state index in [1.54, 1.807) is 0 Å². The lowest BCUT2D eigenvalue weighted by Gasteiger charge is -2.09. The average Bonchev–Trinajstić information content (AvgIpc) is 3.70. The fraction of sp³-hybridized carbons (Fsp3) is 0. The summed E-state index contributed by atoms with van der Waals surface area (Å²) < 4.78 is 7.80. The summed E-state index contributed by atoms with van der Waals surface area (Å²) in [7, 11) is 0. The van der Waals surface area contributed by atoms with Crippen molar-refractivity contribution in [3.63, 3.8) is 0 Å². The molecule has 0 fully saturated rings. The first-order valence-electron chi connectivity index (χ1n) is 13.9. The molecule has 0 amide bonds. The maximum atomic E-state index is 2.44. The van der Waals surface area contributed by atoms with Gasteiger partial charge in [-0.2, -0.15) is 0 Å². The molecule has 0 aliphatic heterocycles. The summed E-state index contributed by atoms with van der Waals surface area (Å²) in [6.07, 6.45) is 0. The van der Waals surface area contributed by atoms with Gasteiger partial charge in [-0.1, -0.05) is 109 Å². The molecule has 1 nitrogen and oxygen atoms in total. The van der Waals surface area contributed by atoms with Crippen LogP contribution in [0.15, 0.2) is 140 Å². The van der Waals surface area contributed by atoms with Gasteiger partial charge in [0.05, 0.1) is 15.7 Å². The van der Waals surface area contributed by atoms with Gasteiger partial charge in [0.1, 0.15) is 0 Å². The van der Waals surface area contributed by atoms with E-state index in [-0.39, 0.29) is 0 Å². The van der Waals surface area contributed by atoms with Gasteiger partial charge >= 0.3 is 0 Å². The Bertz CT molecular complexity index is 2410. The van der Waals surface area contributed by atoms with E-state index in [1.807, 2.05) is 22.7 Å². The van der Waals surface area contributed by atoms with Gasteiger partial charge in [0.15, 0.2) is 0 Å². The molecule has 192 valence electrons. The van der Waals surface area contributed by atoms with Crippen molar-refractivity contribution in [3.8, 4) is 27.9 Å². The SMILES string of the molecule is c1ccc(-c2ccc3c(c2)sc2cc(-c4cccc5c4sc4c6ccccc6n(-c6ccccc6)c54)ccc23)cc1. The molecule has 0 N–H and O–H groups in total. The van der Waals surface area contributed by atoms with E-state index in [2.05, 4.69) is 144 Å². The summed E-state index contributed by atoms with van der Waals surface area (Å²) >= 11 is 3.81. The quantitative estimate of drug-likeness (QED) is 0.204. The van der Waals surface area contributed by atoms with Crippen LogP contribution in [-0.2, 0) is 0 Å². The molecule has 9 aromatic rings. The van der Waals surface area contributed by atoms with Gasteiger partial charge in [-0.15, -0.1) is 22.7 Å². The van der Waals surface area contributed by atoms with Gasteiger partial charge in [0.2, 0.25) is 0 Å². The van der Waals surface area contributed by atoms with E-state index in [0.29, 0.717) is 0 Å². The van der Waals surface area contributed by atoms with E-state index < -0.39 is 0 Å². The molecule has 0 saturated carbocycles. The van der Waals surface area contributed by atoms with Crippen molar-refractivity contribution in [2.45, 2.75) is 0 Å². The fourth-order valence-electron chi connectivity index (χ4n) is 6.32. The lowest BCUT2D eigenvalue weighted by atomic mass is 10.0. The average molecular weight is 558 g/mol. The predicted molar refractivity (Wildman–Crippen MR) is 180 cm³/mol. The highest BCUT2D eigenvalue weighted by atomic mass is 32.1. The van der Waals surface area contributed by atoms with Crippen LogP contribution in [0.2, 0.25) is 0 Å². The maximum Gasteiger partial charge on any atom is 0.0727 e. The van der Waals surface area contributed by atoms with Crippen LogP contribution in [0.3, 0.4) is 0 Å². The molecule has 0 radical (unpaired) electrons. The highest BCUT2D eigenvalue weighted by Crippen LogP contribution is 2.46. The second-order valence-electron chi connectivity index (χ2n) is 10.5. The minimum absolute atomic E-state index is 1.20. The van der Waals surface area contributed by atoms with Gasteiger partial charge in [-0.25, -0.2) is 0 Å². The smallest absolute Gasteiger partial charge is 0.0727 e. The van der Waals surface area contributed by atoms with Crippen LogP contribution in [-0.4, -0.2) is 4.57 Å². The molecule has 9 rings (SSSR count). The van der Waals surface area contributed by atoms with Crippen molar-refractivity contribution in [2.75, 3.05) is 0 Å². The van der Waals surface area contributed by atoms with Gasteiger partial charge < -0.3 is 4.57 Å². The second-order valence-corrected chi connectivity index (χ2v) is 12.6. The van der Waals surface area contributed by atoms with Crippen LogP contribution in [0, 0.1) is 0 Å². The van der Waals surface area contributed by atoms with Crippen LogP contribution >= 0.6 is 22.7 Å². The highest BCUT2D eigenvalue weighted by molar-refractivity contribution is 7.27. The van der Waals surface area contributed by atoms with Crippen LogP contribution in [0.25, 0.3) is 79.3 Å². The van der Waals surface area contributed by atoms with E-state index in [4.69, 9.17) is 0 Å². The van der Waals surface area contributed by atoms with Gasteiger partial charge in [-0.3, -0.25) is 0 Å². The molecule has 3 aromatic heterocycles. The summed E-state index contributed by atoms with van der Waals surface area (Å²) in [5, 5.41) is 5.29. The van der Waals surface area contributed by atoms with E-state index >= 15 is 0 Å². The molecule has 3 heterocycles. The Morgan fingerprint density at radius 1 is 0.415 bits per heavy atom. The Hall–Kier alpha value is -4.70. The van der Waals surface area contributed by atoms with Crippen LogP contribution in [0.5, 0.6) is 0 Å². The van der Waals surface area contributed by atoms with Crippen molar-refractivity contribution in [3.05, 3.63) is 140 Å². The van der Waals surface area contributed by atoms with Crippen molar-refractivity contribution >= 4 is 74.1 Å². The minimum atomic E-state index is 1.20. The summed E-state index contributed by atoms with van der Waals surface area (Å²) in [5.41, 5.74) is 8.87. The monoisotopic (exact) mass is 557 g/mol. The number of hydrogen-bond acceptors (Lipinski definition) is 2. The Morgan fingerprint density at radius 3 is 1.88 bits per heavy atom. The first-order valence-corrected chi connectivity index (χ1v) is 15.5. The number of nitrogens with zero attached hydrogens (tertiary/aromatic N) is 1. The standard InChI is InChI=1S/C38H23NS2/c1-3-10-24(11-4-1)25-18-20-29-30-21-19-26(23-35(30)40-34(29)22-25)28-15-9-16-32-36-38(41-37(28)32)31-14-7-8-17-33(31)39(36)27-12-5-2-6-13-27/h1-23H. The topological polar surface area (TPSA) is 4.93 Å². The number of thiophene rings is 2. The summed E-state index contributed by atoms with van der Waals surface area (Å²) in [6.45, 7) is 0. The third kappa shape index (κ3) is 3.46. The number of para-hydroxylation sites is 2. The van der Waals surface area contributed by atoms with Crippen LogP contribution in [0.1, 0.15) is 0 Å². The Labute approximate surface area is 245 Å². The Balaban J connectivity index is 1.25. The Kier molecular flexibility index (Phi) is 5.00. The van der Waals surface area contributed by atoms with E-state index in [9.17, 15) is 0 Å². The lowest BCUT2D eigenvalue weighted by Crippen LogP contribution is -1.92. The minimum Gasteiger partial charge on any atom is -0.308 e. The molecule has 0 saturated heterocycles. The van der Waals surface area contributed by atoms with Crippen molar-refractivity contribution in [2.24, 2.45) is 0 Å². The van der Waals surface area contributed by atoms with Gasteiger partial charge in [-0.05, 0) is 52.6 Å². The van der Waals surface area contributed by atoms with E-state index in [0.717, 1.165) is 0 Å². The lowest BCUT2D eigenvalue weighted by molar-refractivity contribution is 1.19. The predicted octanol–water partition coefficient (Wildman–Crippen LogP) is 11.7. The zero-order chi connectivity index (χ0) is 26.9. The summed E-state index contributed by atoms with van der Waals surface area (Å²) in [5.74, 6) is 0. The zero-order valence-electron chi connectivity index (χ0n) is 22.0. The number of aromatic nitrogens is 1. The molecule has 0 unspecified atom stereocenters. The van der Waals surface area contributed by atoms with Crippen molar-refractivity contribution in [1.29, 1.82) is 0 Å². The van der Waals surface area contributed by atoms with Gasteiger partial charge in [0, 0.05) is 41.3 Å². The molecule has 0 atom stereocenters. The van der Waals surface area contributed by atoms with Crippen molar-refractivity contribution < 1.29 is 0 Å². The van der Waals surface area contributed by atoms with Gasteiger partial charge in [0.25, 0.3) is 0 Å². The molecular weight excluding hydrogens is 535 g/mol. The first-order chi connectivity index (χ1) is 20.3. The first kappa shape index (κ1) is 23.0. The highest BCUT2D eigenvalue weighted by Gasteiger charge is 2.19. The number of hydrogen-bond donors (Lipinski definition) is 0. The number of fused-ring (bicyclic) bond motifs is 8. The second kappa shape index (κ2) is 8.90. The number of rotatable bonds is 3. The third-order valence-corrected chi connectivity index (χ3v) is 10.6. The molecule has 0 aliphatic rings. The van der Waals surface area contributed by atoms with Crippen molar-refractivity contribution in [1.82, 2.24) is 4.57 Å². The van der Waals surface area contributed by atoms with Crippen LogP contribution < -0.4 is 0 Å². The normalized spacial score (nSPS) is 11.9. The third-order valence-electron chi connectivity index (χ3n) is 8.21. The molecular formula is C38H23NS2. The maximum absolute atomic E-state index is 2.44. The van der Waals surface area contributed by atoms with E-state index in [1.165, 1.54) is 79.3 Å². The molecule has 41 heavy (non-hydrogen) atoms. The number of benzene rings is 6. The van der Waals surface area contributed by atoms with Crippen LogP contribution in [0.4, 0.5) is 0 Å². The molecule has 6 aromatic carbocycles. The molecule has 0 aliphatic carbocycles. The summed E-state index contributed by atoms with van der Waals surface area (Å²) in [6, 6.07) is 50.9. The zero-order valence-corrected chi connectivity index (χ0v) is 23.7. The molecule has 3 heteroatoms. The molecule has 0 spiro atoms. The largest absolute Gasteiger partial charge is 0.308 e. The fourth-order valence-corrected chi connectivity index (χ4v) is 8.86. The Morgan fingerprint density at radius 2 is 1.07 bits per heavy atom. The molecule has 0 bridgehead atoms.